The Morgan fingerprint density at radius 2 is 2.16 bits per heavy atom. The quantitative estimate of drug-likeness (QED) is 0.908. The van der Waals surface area contributed by atoms with Crippen molar-refractivity contribution in [3.05, 3.63) is 46.3 Å². The highest BCUT2D eigenvalue weighted by molar-refractivity contribution is 5.39. The lowest BCUT2D eigenvalue weighted by Gasteiger charge is -2.20. The fourth-order valence-corrected chi connectivity index (χ4v) is 4.12. The van der Waals surface area contributed by atoms with Gasteiger partial charge in [0.1, 0.15) is 5.75 Å². The fraction of sp³-hybridized carbons (Fsp3) is 0.550. The zero-order chi connectivity index (χ0) is 17.4. The molecule has 5 heteroatoms. The fourth-order valence-electron chi connectivity index (χ4n) is 4.12. The highest BCUT2D eigenvalue weighted by atomic mass is 16.5. The summed E-state index contributed by atoms with van der Waals surface area (Å²) in [5.41, 5.74) is 6.25. The van der Waals surface area contributed by atoms with Crippen LogP contribution in [0.3, 0.4) is 0 Å². The first-order chi connectivity index (χ1) is 12.1. The summed E-state index contributed by atoms with van der Waals surface area (Å²) in [6.45, 7) is 7.72. The highest BCUT2D eigenvalue weighted by Gasteiger charge is 2.33. The molecule has 1 N–H and O–H groups in total. The van der Waals surface area contributed by atoms with Gasteiger partial charge >= 0.3 is 0 Å². The van der Waals surface area contributed by atoms with E-state index in [-0.39, 0.29) is 6.10 Å². The lowest BCUT2D eigenvalue weighted by molar-refractivity contribution is 0.0893. The molecule has 0 aliphatic carbocycles. The van der Waals surface area contributed by atoms with Crippen molar-refractivity contribution in [2.24, 2.45) is 13.0 Å². The lowest BCUT2D eigenvalue weighted by atomic mass is 9.94. The minimum atomic E-state index is 0.162. The van der Waals surface area contributed by atoms with Crippen LogP contribution in [-0.4, -0.2) is 29.5 Å². The Bertz CT molecular complexity index is 769. The van der Waals surface area contributed by atoms with Gasteiger partial charge in [0.05, 0.1) is 18.4 Å². The van der Waals surface area contributed by atoms with Gasteiger partial charge in [-0.1, -0.05) is 12.1 Å². The molecule has 1 saturated heterocycles. The van der Waals surface area contributed by atoms with Crippen molar-refractivity contribution in [1.82, 2.24) is 15.1 Å². The van der Waals surface area contributed by atoms with E-state index in [2.05, 4.69) is 42.5 Å². The summed E-state index contributed by atoms with van der Waals surface area (Å²) in [5, 5.41) is 8.19. The number of rotatable bonds is 5. The van der Waals surface area contributed by atoms with Crippen molar-refractivity contribution < 1.29 is 9.47 Å². The number of aryl methyl sites for hydroxylation is 2. The molecule has 0 bridgehead atoms. The van der Waals surface area contributed by atoms with Crippen LogP contribution in [0.1, 0.15) is 40.6 Å². The van der Waals surface area contributed by atoms with Crippen LogP contribution < -0.4 is 10.1 Å². The van der Waals surface area contributed by atoms with Crippen molar-refractivity contribution in [2.75, 3.05) is 19.8 Å². The molecular weight excluding hydrogens is 314 g/mol. The van der Waals surface area contributed by atoms with Crippen molar-refractivity contribution in [2.45, 2.75) is 39.3 Å². The summed E-state index contributed by atoms with van der Waals surface area (Å²) in [6.07, 6.45) is 2.29. The number of hydrogen-bond acceptors (Lipinski definition) is 4. The third-order valence-electron chi connectivity index (χ3n) is 5.55. The van der Waals surface area contributed by atoms with Gasteiger partial charge in [-0.05, 0) is 37.5 Å². The Morgan fingerprint density at radius 3 is 2.96 bits per heavy atom. The monoisotopic (exact) mass is 341 g/mol. The van der Waals surface area contributed by atoms with Gasteiger partial charge in [0, 0.05) is 50.3 Å². The SMILES string of the molecule is Cc1nn(C)c(C)c1C1OCCC1CNCc1ccc2c(c1)CCO2. The first-order valence-electron chi connectivity index (χ1n) is 9.20. The first kappa shape index (κ1) is 16.6. The summed E-state index contributed by atoms with van der Waals surface area (Å²) in [4.78, 5) is 0. The van der Waals surface area contributed by atoms with Crippen molar-refractivity contribution in [3.63, 3.8) is 0 Å². The molecule has 25 heavy (non-hydrogen) atoms. The van der Waals surface area contributed by atoms with Gasteiger partial charge in [0.15, 0.2) is 0 Å². The predicted molar refractivity (Wildman–Crippen MR) is 96.8 cm³/mol. The molecule has 0 radical (unpaired) electrons. The second-order valence-electron chi connectivity index (χ2n) is 7.22. The minimum absolute atomic E-state index is 0.162. The highest BCUT2D eigenvalue weighted by Crippen LogP contribution is 2.37. The molecule has 1 aromatic carbocycles. The number of benzene rings is 1. The average Bonchev–Trinajstić information content (AvgIpc) is 3.28. The number of nitrogens with one attached hydrogen (secondary N) is 1. The van der Waals surface area contributed by atoms with Crippen molar-refractivity contribution >= 4 is 0 Å². The lowest BCUT2D eigenvalue weighted by Crippen LogP contribution is -2.25. The number of nitrogens with zero attached hydrogens (tertiary/aromatic N) is 2. The molecule has 1 fully saturated rings. The van der Waals surface area contributed by atoms with Gasteiger partial charge in [-0.2, -0.15) is 5.10 Å². The Balaban J connectivity index is 1.39. The van der Waals surface area contributed by atoms with Gasteiger partial charge in [-0.3, -0.25) is 4.68 Å². The number of hydrogen-bond donors (Lipinski definition) is 1. The van der Waals surface area contributed by atoms with Gasteiger partial charge in [-0.25, -0.2) is 0 Å². The maximum atomic E-state index is 6.08. The zero-order valence-electron chi connectivity index (χ0n) is 15.3. The molecular formula is C20H27N3O2. The van der Waals surface area contributed by atoms with Crippen LogP contribution in [0.15, 0.2) is 18.2 Å². The molecule has 2 atom stereocenters. The molecule has 2 aliphatic rings. The zero-order valence-corrected chi connectivity index (χ0v) is 15.3. The topological polar surface area (TPSA) is 48.3 Å². The Morgan fingerprint density at radius 1 is 1.28 bits per heavy atom. The van der Waals surface area contributed by atoms with Crippen LogP contribution in [0.25, 0.3) is 0 Å². The van der Waals surface area contributed by atoms with E-state index >= 15 is 0 Å². The molecule has 2 unspecified atom stereocenters. The third kappa shape index (κ3) is 3.18. The van der Waals surface area contributed by atoms with E-state index in [1.165, 1.54) is 22.4 Å². The van der Waals surface area contributed by atoms with Crippen LogP contribution >= 0.6 is 0 Å². The summed E-state index contributed by atoms with van der Waals surface area (Å²) < 4.78 is 13.6. The standard InChI is InChI=1S/C20H27N3O2/c1-13-19(14(2)23(3)22-13)20-17(7-9-25-20)12-21-11-15-4-5-18-16(10-15)6-8-24-18/h4-5,10,17,20-21H,6-9,11-12H2,1-3H3. The summed E-state index contributed by atoms with van der Waals surface area (Å²) in [5.74, 6) is 1.55. The van der Waals surface area contributed by atoms with Crippen molar-refractivity contribution in [1.29, 1.82) is 0 Å². The Hall–Kier alpha value is -1.85. The van der Waals surface area contributed by atoms with Gasteiger partial charge in [0.25, 0.3) is 0 Å². The van der Waals surface area contributed by atoms with E-state index in [1.807, 2.05) is 11.7 Å². The van der Waals surface area contributed by atoms with E-state index in [4.69, 9.17) is 9.47 Å². The molecule has 0 saturated carbocycles. The Kier molecular flexibility index (Phi) is 4.52. The van der Waals surface area contributed by atoms with E-state index in [9.17, 15) is 0 Å². The maximum Gasteiger partial charge on any atom is 0.122 e. The van der Waals surface area contributed by atoms with Crippen LogP contribution in [0.2, 0.25) is 0 Å². The second-order valence-corrected chi connectivity index (χ2v) is 7.22. The molecule has 0 spiro atoms. The molecule has 1 aromatic heterocycles. The summed E-state index contributed by atoms with van der Waals surface area (Å²) >= 11 is 0. The molecule has 0 amide bonds. The third-order valence-corrected chi connectivity index (χ3v) is 5.55. The largest absolute Gasteiger partial charge is 0.493 e. The van der Waals surface area contributed by atoms with Crippen LogP contribution in [0, 0.1) is 19.8 Å². The number of ether oxygens (including phenoxy) is 2. The molecule has 4 rings (SSSR count). The summed E-state index contributed by atoms with van der Waals surface area (Å²) in [6, 6.07) is 6.53. The molecule has 134 valence electrons. The van der Waals surface area contributed by atoms with Crippen LogP contribution in [-0.2, 0) is 24.8 Å². The van der Waals surface area contributed by atoms with E-state index in [0.717, 1.165) is 50.6 Å². The molecule has 5 nitrogen and oxygen atoms in total. The smallest absolute Gasteiger partial charge is 0.122 e. The summed E-state index contributed by atoms with van der Waals surface area (Å²) in [7, 11) is 2.01. The maximum absolute atomic E-state index is 6.08. The van der Waals surface area contributed by atoms with Gasteiger partial charge < -0.3 is 14.8 Å². The van der Waals surface area contributed by atoms with E-state index in [1.54, 1.807) is 0 Å². The minimum Gasteiger partial charge on any atom is -0.493 e. The van der Waals surface area contributed by atoms with Gasteiger partial charge in [0.2, 0.25) is 0 Å². The van der Waals surface area contributed by atoms with Crippen molar-refractivity contribution in [3.8, 4) is 5.75 Å². The number of fused-ring (bicyclic) bond motifs is 1. The number of aromatic nitrogens is 2. The van der Waals surface area contributed by atoms with E-state index in [0.29, 0.717) is 5.92 Å². The first-order valence-corrected chi connectivity index (χ1v) is 9.20. The average molecular weight is 341 g/mol. The van der Waals surface area contributed by atoms with Crippen LogP contribution in [0.4, 0.5) is 0 Å². The van der Waals surface area contributed by atoms with Crippen LogP contribution in [0.5, 0.6) is 5.75 Å². The predicted octanol–water partition coefficient (Wildman–Crippen LogP) is 2.84. The Labute approximate surface area is 149 Å². The normalized spacial score (nSPS) is 22.2. The molecule has 3 heterocycles. The molecule has 2 aliphatic heterocycles. The van der Waals surface area contributed by atoms with E-state index < -0.39 is 0 Å². The van der Waals surface area contributed by atoms with Gasteiger partial charge in [-0.15, -0.1) is 0 Å². The molecule has 2 aromatic rings. The second kappa shape index (κ2) is 6.81.